The molecule has 5 nitrogen and oxygen atoms in total. The van der Waals surface area contributed by atoms with E-state index in [-0.39, 0.29) is 5.84 Å². The van der Waals surface area contributed by atoms with Gasteiger partial charge in [0.1, 0.15) is 5.69 Å². The van der Waals surface area contributed by atoms with Gasteiger partial charge in [0.05, 0.1) is 11.9 Å². The van der Waals surface area contributed by atoms with Gasteiger partial charge in [-0.05, 0) is 30.4 Å². The monoisotopic (exact) mass is 248 g/mol. The second-order valence-corrected chi connectivity index (χ2v) is 5.58. The van der Waals surface area contributed by atoms with E-state index in [2.05, 4.69) is 28.9 Å². The number of amidine groups is 1. The predicted molar refractivity (Wildman–Crippen MR) is 72.0 cm³/mol. The van der Waals surface area contributed by atoms with Crippen molar-refractivity contribution >= 4 is 11.5 Å². The Hall–Kier alpha value is -1.78. The van der Waals surface area contributed by atoms with Gasteiger partial charge in [-0.2, -0.15) is 0 Å². The van der Waals surface area contributed by atoms with E-state index in [0.717, 1.165) is 18.8 Å². The standard InChI is InChI=1S/C13H20N4O/c1-13(2)6-3-7-17(9-13)10-4-5-11(15-8-10)12(14)16-18/h4-5,8,18H,3,6-7,9H2,1-2H3,(H2,14,16). The lowest BCUT2D eigenvalue weighted by Gasteiger charge is -2.39. The van der Waals surface area contributed by atoms with E-state index in [9.17, 15) is 0 Å². The molecule has 0 aromatic carbocycles. The van der Waals surface area contributed by atoms with Crippen molar-refractivity contribution in [2.24, 2.45) is 16.3 Å². The Balaban J connectivity index is 2.14. The normalized spacial score (nSPS) is 19.9. The van der Waals surface area contributed by atoms with E-state index < -0.39 is 0 Å². The molecule has 98 valence electrons. The highest BCUT2D eigenvalue weighted by molar-refractivity contribution is 5.95. The van der Waals surface area contributed by atoms with Crippen molar-refractivity contribution in [1.82, 2.24) is 4.98 Å². The molecule has 0 spiro atoms. The highest BCUT2D eigenvalue weighted by atomic mass is 16.4. The fourth-order valence-corrected chi connectivity index (χ4v) is 2.42. The molecular formula is C13H20N4O. The number of rotatable bonds is 2. The summed E-state index contributed by atoms with van der Waals surface area (Å²) >= 11 is 0. The summed E-state index contributed by atoms with van der Waals surface area (Å²) in [6.45, 7) is 6.68. The van der Waals surface area contributed by atoms with Crippen LogP contribution in [0, 0.1) is 5.41 Å². The molecule has 0 unspecified atom stereocenters. The summed E-state index contributed by atoms with van der Waals surface area (Å²) in [7, 11) is 0. The van der Waals surface area contributed by atoms with Crippen molar-refractivity contribution < 1.29 is 5.21 Å². The summed E-state index contributed by atoms with van der Waals surface area (Å²) in [5.74, 6) is 0.0422. The summed E-state index contributed by atoms with van der Waals surface area (Å²) in [5.41, 5.74) is 7.43. The zero-order valence-electron chi connectivity index (χ0n) is 10.9. The van der Waals surface area contributed by atoms with Crippen molar-refractivity contribution in [3.63, 3.8) is 0 Å². The molecule has 18 heavy (non-hydrogen) atoms. The maximum absolute atomic E-state index is 8.59. The van der Waals surface area contributed by atoms with Gasteiger partial charge in [0.15, 0.2) is 5.84 Å². The van der Waals surface area contributed by atoms with Crippen molar-refractivity contribution in [2.75, 3.05) is 18.0 Å². The second-order valence-electron chi connectivity index (χ2n) is 5.58. The summed E-state index contributed by atoms with van der Waals surface area (Å²) in [6, 6.07) is 3.76. The molecule has 2 heterocycles. The van der Waals surface area contributed by atoms with Crippen LogP contribution < -0.4 is 10.6 Å². The number of aromatic nitrogens is 1. The van der Waals surface area contributed by atoms with Crippen LogP contribution in [0.5, 0.6) is 0 Å². The molecule has 1 aromatic heterocycles. The molecule has 0 atom stereocenters. The molecule has 1 aliphatic rings. The highest BCUT2D eigenvalue weighted by Crippen LogP contribution is 2.31. The summed E-state index contributed by atoms with van der Waals surface area (Å²) in [4.78, 5) is 6.55. The Morgan fingerprint density at radius 1 is 1.50 bits per heavy atom. The number of hydrogen-bond acceptors (Lipinski definition) is 4. The zero-order chi connectivity index (χ0) is 13.2. The van der Waals surface area contributed by atoms with Gasteiger partial charge in [-0.1, -0.05) is 19.0 Å². The third-order valence-electron chi connectivity index (χ3n) is 3.38. The average molecular weight is 248 g/mol. The largest absolute Gasteiger partial charge is 0.409 e. The maximum Gasteiger partial charge on any atom is 0.188 e. The van der Waals surface area contributed by atoms with Crippen LogP contribution in [-0.2, 0) is 0 Å². The lowest BCUT2D eigenvalue weighted by molar-refractivity contribution is 0.293. The predicted octanol–water partition coefficient (Wildman–Crippen LogP) is 1.80. The minimum absolute atomic E-state index is 0.0422. The van der Waals surface area contributed by atoms with Crippen LogP contribution in [-0.4, -0.2) is 29.1 Å². The van der Waals surface area contributed by atoms with Crippen molar-refractivity contribution in [2.45, 2.75) is 26.7 Å². The Kier molecular flexibility index (Phi) is 3.41. The number of nitrogens with zero attached hydrogens (tertiary/aromatic N) is 3. The van der Waals surface area contributed by atoms with Crippen LogP contribution in [0.2, 0.25) is 0 Å². The summed E-state index contributed by atoms with van der Waals surface area (Å²) in [6.07, 6.45) is 4.25. The summed E-state index contributed by atoms with van der Waals surface area (Å²) in [5, 5.41) is 11.5. The van der Waals surface area contributed by atoms with Gasteiger partial charge < -0.3 is 15.8 Å². The van der Waals surface area contributed by atoms with Crippen LogP contribution >= 0.6 is 0 Å². The van der Waals surface area contributed by atoms with E-state index >= 15 is 0 Å². The Labute approximate surface area is 107 Å². The SMILES string of the molecule is CC1(C)CCCN(c2ccc(/C(N)=N/O)nc2)C1. The van der Waals surface area contributed by atoms with E-state index in [4.69, 9.17) is 10.9 Å². The van der Waals surface area contributed by atoms with Gasteiger partial charge in [0, 0.05) is 13.1 Å². The average Bonchev–Trinajstić information content (AvgIpc) is 2.37. The number of nitrogens with two attached hydrogens (primary N) is 1. The van der Waals surface area contributed by atoms with Crippen molar-refractivity contribution in [3.8, 4) is 0 Å². The van der Waals surface area contributed by atoms with Gasteiger partial charge in [-0.3, -0.25) is 4.98 Å². The zero-order valence-corrected chi connectivity index (χ0v) is 10.9. The number of oxime groups is 1. The Morgan fingerprint density at radius 3 is 2.83 bits per heavy atom. The molecule has 1 saturated heterocycles. The molecule has 5 heteroatoms. The van der Waals surface area contributed by atoms with Crippen molar-refractivity contribution in [3.05, 3.63) is 24.0 Å². The lowest BCUT2D eigenvalue weighted by Crippen LogP contribution is -2.40. The molecule has 0 radical (unpaired) electrons. The van der Waals surface area contributed by atoms with Gasteiger partial charge in [-0.15, -0.1) is 0 Å². The van der Waals surface area contributed by atoms with Gasteiger partial charge in [0.25, 0.3) is 0 Å². The molecule has 1 aliphatic heterocycles. The first-order valence-electron chi connectivity index (χ1n) is 6.21. The Morgan fingerprint density at radius 2 is 2.28 bits per heavy atom. The second kappa shape index (κ2) is 4.84. The van der Waals surface area contributed by atoms with Gasteiger partial charge >= 0.3 is 0 Å². The van der Waals surface area contributed by atoms with Crippen molar-refractivity contribution in [1.29, 1.82) is 0 Å². The number of anilines is 1. The molecule has 1 fully saturated rings. The molecule has 0 aliphatic carbocycles. The minimum atomic E-state index is 0.0422. The van der Waals surface area contributed by atoms with Crippen LogP contribution in [0.25, 0.3) is 0 Å². The fourth-order valence-electron chi connectivity index (χ4n) is 2.42. The quantitative estimate of drug-likeness (QED) is 0.362. The third kappa shape index (κ3) is 2.72. The number of pyridine rings is 1. The molecule has 3 N–H and O–H groups in total. The molecule has 1 aromatic rings. The molecular weight excluding hydrogens is 228 g/mol. The lowest BCUT2D eigenvalue weighted by atomic mass is 9.84. The smallest absolute Gasteiger partial charge is 0.188 e. The minimum Gasteiger partial charge on any atom is -0.409 e. The molecule has 2 rings (SSSR count). The first kappa shape index (κ1) is 12.7. The number of piperidine rings is 1. The van der Waals surface area contributed by atoms with E-state index in [0.29, 0.717) is 11.1 Å². The van der Waals surface area contributed by atoms with Crippen LogP contribution in [0.3, 0.4) is 0 Å². The highest BCUT2D eigenvalue weighted by Gasteiger charge is 2.26. The van der Waals surface area contributed by atoms with E-state index in [1.165, 1.54) is 12.8 Å². The van der Waals surface area contributed by atoms with Gasteiger partial charge in [0.2, 0.25) is 0 Å². The maximum atomic E-state index is 8.59. The number of hydrogen-bond donors (Lipinski definition) is 2. The molecule has 0 saturated carbocycles. The first-order valence-corrected chi connectivity index (χ1v) is 6.21. The Bertz CT molecular complexity index is 439. The molecule has 0 amide bonds. The van der Waals surface area contributed by atoms with E-state index in [1.54, 1.807) is 12.3 Å². The van der Waals surface area contributed by atoms with Crippen LogP contribution in [0.1, 0.15) is 32.4 Å². The topological polar surface area (TPSA) is 74.7 Å². The van der Waals surface area contributed by atoms with Crippen LogP contribution in [0.15, 0.2) is 23.5 Å². The van der Waals surface area contributed by atoms with Gasteiger partial charge in [-0.25, -0.2) is 0 Å². The third-order valence-corrected chi connectivity index (χ3v) is 3.38. The summed E-state index contributed by atoms with van der Waals surface area (Å²) < 4.78 is 0. The molecule has 0 bridgehead atoms. The fraction of sp³-hybridized carbons (Fsp3) is 0.538. The first-order chi connectivity index (χ1) is 8.52. The van der Waals surface area contributed by atoms with Crippen LogP contribution in [0.4, 0.5) is 5.69 Å². The van der Waals surface area contributed by atoms with E-state index in [1.807, 2.05) is 6.07 Å².